The molecule has 0 fully saturated rings. The van der Waals surface area contributed by atoms with Crippen LogP contribution in [0.4, 0.5) is 5.82 Å². The van der Waals surface area contributed by atoms with Gasteiger partial charge >= 0.3 is 11.7 Å². The molecule has 1 heterocycles. The number of hydrogen-bond acceptors (Lipinski definition) is 4. The molecule has 11 heavy (non-hydrogen) atoms. The Labute approximate surface area is 64.0 Å². The lowest BCUT2D eigenvalue weighted by molar-refractivity contribution is -0.591. The molecule has 2 N–H and O–H groups in total. The number of aromatic nitrogens is 2. The summed E-state index contributed by atoms with van der Waals surface area (Å²) < 4.78 is 5.28. The van der Waals surface area contributed by atoms with Crippen molar-refractivity contribution in [2.45, 2.75) is 6.92 Å². The fraction of sp³-hybridized carbons (Fsp3) is 0.333. The van der Waals surface area contributed by atoms with E-state index in [1.807, 2.05) is 0 Å². The highest BCUT2D eigenvalue weighted by molar-refractivity contribution is 5.34. The molecule has 0 aliphatic carbocycles. The van der Waals surface area contributed by atoms with E-state index < -0.39 is 0 Å². The zero-order valence-corrected chi connectivity index (χ0v) is 6.37. The summed E-state index contributed by atoms with van der Waals surface area (Å²) in [7, 11) is 1.41. The average Bonchev–Trinajstić information content (AvgIpc) is 1.96. The van der Waals surface area contributed by atoms with Crippen LogP contribution in [0.2, 0.25) is 0 Å². The minimum atomic E-state index is -0.0156. The van der Waals surface area contributed by atoms with Gasteiger partial charge in [0.05, 0.1) is 12.8 Å². The Morgan fingerprint density at radius 1 is 1.73 bits per heavy atom. The highest BCUT2D eigenvalue weighted by Crippen LogP contribution is 2.11. The average molecular weight is 155 g/mol. The van der Waals surface area contributed by atoms with Crippen molar-refractivity contribution in [2.24, 2.45) is 0 Å². The van der Waals surface area contributed by atoms with Gasteiger partial charge in [-0.1, -0.05) is 0 Å². The number of nitrogens with zero attached hydrogens (tertiary/aromatic N) is 2. The van der Waals surface area contributed by atoms with Crippen LogP contribution in [0.15, 0.2) is 6.20 Å². The fourth-order valence-corrected chi connectivity index (χ4v) is 0.730. The largest absolute Gasteiger partial charge is 0.710 e. The van der Waals surface area contributed by atoms with Gasteiger partial charge in [0.2, 0.25) is 0 Å². The lowest BCUT2D eigenvalue weighted by Crippen LogP contribution is -2.31. The quantitative estimate of drug-likeness (QED) is 0.443. The maximum atomic E-state index is 10.9. The Kier molecular flexibility index (Phi) is 1.80. The third-order valence-corrected chi connectivity index (χ3v) is 1.23. The van der Waals surface area contributed by atoms with Crippen LogP contribution in [0.25, 0.3) is 0 Å². The highest BCUT2D eigenvalue weighted by Gasteiger charge is 2.08. The summed E-state index contributed by atoms with van der Waals surface area (Å²) in [6, 6.07) is 0. The number of anilines is 1. The summed E-state index contributed by atoms with van der Waals surface area (Å²) in [6.45, 7) is 1.69. The van der Waals surface area contributed by atoms with E-state index in [9.17, 15) is 5.21 Å². The molecule has 1 aromatic heterocycles. The van der Waals surface area contributed by atoms with Crippen LogP contribution in [0.1, 0.15) is 5.69 Å². The summed E-state index contributed by atoms with van der Waals surface area (Å²) in [6.07, 6.45) is 1.29. The van der Waals surface area contributed by atoms with Crippen molar-refractivity contribution in [3.05, 3.63) is 17.1 Å². The van der Waals surface area contributed by atoms with Crippen molar-refractivity contribution in [1.82, 2.24) is 4.98 Å². The number of ether oxygens (including phenoxy) is 1. The van der Waals surface area contributed by atoms with E-state index in [0.29, 0.717) is 10.4 Å². The van der Waals surface area contributed by atoms with Crippen molar-refractivity contribution in [3.63, 3.8) is 0 Å². The predicted octanol–water partition coefficient (Wildman–Crippen LogP) is -0.386. The lowest BCUT2D eigenvalue weighted by atomic mass is 10.5. The molecule has 0 atom stereocenters. The van der Waals surface area contributed by atoms with Gasteiger partial charge in [-0.25, -0.2) is 9.71 Å². The molecule has 0 aliphatic rings. The number of rotatable bonds is 1. The van der Waals surface area contributed by atoms with Crippen LogP contribution in [0.5, 0.6) is 5.88 Å². The van der Waals surface area contributed by atoms with Crippen LogP contribution < -0.4 is 15.2 Å². The molecule has 0 bridgehead atoms. The molecule has 1 rings (SSSR count). The molecule has 0 saturated carbocycles. The van der Waals surface area contributed by atoms with Crippen molar-refractivity contribution in [1.29, 1.82) is 0 Å². The monoisotopic (exact) mass is 155 g/mol. The second-order valence-corrected chi connectivity index (χ2v) is 2.10. The minimum absolute atomic E-state index is 0.0156. The van der Waals surface area contributed by atoms with Gasteiger partial charge in [-0.15, -0.1) is 0 Å². The van der Waals surface area contributed by atoms with Crippen LogP contribution in [-0.2, 0) is 0 Å². The third kappa shape index (κ3) is 1.31. The second kappa shape index (κ2) is 2.61. The van der Waals surface area contributed by atoms with Crippen molar-refractivity contribution < 1.29 is 9.47 Å². The van der Waals surface area contributed by atoms with Gasteiger partial charge in [-0.3, -0.25) is 5.73 Å². The van der Waals surface area contributed by atoms with Gasteiger partial charge in [0.25, 0.3) is 0 Å². The van der Waals surface area contributed by atoms with Crippen molar-refractivity contribution >= 4 is 5.82 Å². The fourth-order valence-electron chi connectivity index (χ4n) is 0.730. The van der Waals surface area contributed by atoms with E-state index in [1.165, 1.54) is 13.3 Å². The SMILES string of the molecule is COc1nc(C)c[n+]([O-])c1N. The third-order valence-electron chi connectivity index (χ3n) is 1.23. The Bertz CT molecular complexity index is 275. The number of aryl methyl sites for hydroxylation is 1. The molecule has 0 amide bonds. The van der Waals surface area contributed by atoms with Crippen LogP contribution in [0.3, 0.4) is 0 Å². The zero-order valence-electron chi connectivity index (χ0n) is 6.37. The smallest absolute Gasteiger partial charge is 0.339 e. The molecular weight excluding hydrogens is 146 g/mol. The summed E-state index contributed by atoms with van der Waals surface area (Å²) in [5.41, 5.74) is 5.90. The van der Waals surface area contributed by atoms with Gasteiger partial charge in [0, 0.05) is 0 Å². The molecule has 0 spiro atoms. The molecule has 0 aliphatic heterocycles. The molecule has 0 aromatic carbocycles. The maximum Gasteiger partial charge on any atom is 0.339 e. The van der Waals surface area contributed by atoms with Crippen LogP contribution >= 0.6 is 0 Å². The number of hydrogen-bond donors (Lipinski definition) is 1. The Hall–Kier alpha value is -1.52. The van der Waals surface area contributed by atoms with E-state index in [2.05, 4.69) is 4.98 Å². The van der Waals surface area contributed by atoms with Gasteiger partial charge in [-0.2, -0.15) is 0 Å². The lowest BCUT2D eigenvalue weighted by Gasteiger charge is -2.07. The molecule has 0 unspecified atom stereocenters. The second-order valence-electron chi connectivity index (χ2n) is 2.10. The summed E-state index contributed by atoms with van der Waals surface area (Å²) in [4.78, 5) is 3.88. The molecule has 60 valence electrons. The molecule has 0 radical (unpaired) electrons. The van der Waals surface area contributed by atoms with E-state index in [-0.39, 0.29) is 11.7 Å². The highest BCUT2D eigenvalue weighted by atomic mass is 16.5. The summed E-state index contributed by atoms with van der Waals surface area (Å²) >= 11 is 0. The van der Waals surface area contributed by atoms with Gasteiger partial charge in [0.15, 0.2) is 0 Å². The van der Waals surface area contributed by atoms with Gasteiger partial charge < -0.3 is 9.94 Å². The predicted molar refractivity (Wildman–Crippen MR) is 38.9 cm³/mol. The summed E-state index contributed by atoms with van der Waals surface area (Å²) in [5.74, 6) is 0.151. The van der Waals surface area contributed by atoms with E-state index >= 15 is 0 Å². The standard InChI is InChI=1S/C6H9N3O2/c1-4-3-9(10)5(7)6(8-4)11-2/h3H,7H2,1-2H3. The summed E-state index contributed by atoms with van der Waals surface area (Å²) in [5, 5.41) is 10.9. The Balaban J connectivity index is 3.24. The molecule has 5 heteroatoms. The van der Waals surface area contributed by atoms with E-state index in [0.717, 1.165) is 0 Å². The first-order chi connectivity index (χ1) is 5.15. The Morgan fingerprint density at radius 3 is 2.91 bits per heavy atom. The van der Waals surface area contributed by atoms with Crippen molar-refractivity contribution in [2.75, 3.05) is 12.8 Å². The van der Waals surface area contributed by atoms with Crippen LogP contribution in [-0.4, -0.2) is 12.1 Å². The zero-order chi connectivity index (χ0) is 8.43. The molecule has 1 aromatic rings. The van der Waals surface area contributed by atoms with Crippen molar-refractivity contribution in [3.8, 4) is 5.88 Å². The first-order valence-corrected chi connectivity index (χ1v) is 3.05. The van der Waals surface area contributed by atoms with E-state index in [1.54, 1.807) is 6.92 Å². The minimum Gasteiger partial charge on any atom is -0.710 e. The van der Waals surface area contributed by atoms with Gasteiger partial charge in [-0.05, 0) is 6.92 Å². The molecular formula is C6H9N3O2. The number of methoxy groups -OCH3 is 1. The normalized spacial score (nSPS) is 9.64. The number of nitrogen functional groups attached to an aromatic ring is 1. The first-order valence-electron chi connectivity index (χ1n) is 3.05. The topological polar surface area (TPSA) is 75.1 Å². The van der Waals surface area contributed by atoms with Crippen LogP contribution in [0, 0.1) is 12.1 Å². The Morgan fingerprint density at radius 2 is 2.36 bits per heavy atom. The number of nitrogens with two attached hydrogens (primary N) is 1. The first kappa shape index (κ1) is 7.59. The van der Waals surface area contributed by atoms with E-state index in [4.69, 9.17) is 10.5 Å². The maximum absolute atomic E-state index is 10.9. The van der Waals surface area contributed by atoms with Gasteiger partial charge in [0.1, 0.15) is 6.20 Å². The molecule has 5 nitrogen and oxygen atoms in total. The molecule has 0 saturated heterocycles.